The summed E-state index contributed by atoms with van der Waals surface area (Å²) in [6, 6.07) is 12.0. The Morgan fingerprint density at radius 2 is 2.10 bits per heavy atom. The van der Waals surface area contributed by atoms with Crippen molar-refractivity contribution < 1.29 is 14.3 Å². The number of ether oxygens (including phenoxy) is 1. The molecule has 1 aromatic heterocycles. The number of hydrogen-bond donors (Lipinski definition) is 2. The molecule has 0 radical (unpaired) electrons. The Kier molecular flexibility index (Phi) is 6.86. The highest BCUT2D eigenvalue weighted by molar-refractivity contribution is 5.80. The molecule has 6 nitrogen and oxygen atoms in total. The minimum absolute atomic E-state index is 0.0314. The van der Waals surface area contributed by atoms with E-state index in [-0.39, 0.29) is 23.5 Å². The second kappa shape index (κ2) is 9.54. The van der Waals surface area contributed by atoms with E-state index >= 15 is 0 Å². The molecule has 2 heterocycles. The van der Waals surface area contributed by atoms with E-state index in [9.17, 15) is 9.59 Å². The Hall–Kier alpha value is -2.89. The number of carbonyl (C=O) groups is 2. The fourth-order valence-electron chi connectivity index (χ4n) is 3.67. The molecule has 6 heteroatoms. The van der Waals surface area contributed by atoms with E-state index < -0.39 is 0 Å². The maximum Gasteiger partial charge on any atom is 0.220 e. The van der Waals surface area contributed by atoms with Crippen LogP contribution < -0.4 is 15.4 Å². The summed E-state index contributed by atoms with van der Waals surface area (Å²) in [6.45, 7) is 4.38. The fraction of sp³-hybridized carbons (Fsp3) is 0.435. The quantitative estimate of drug-likeness (QED) is 0.684. The lowest BCUT2D eigenvalue weighted by Gasteiger charge is -2.29. The van der Waals surface area contributed by atoms with Crippen LogP contribution in [-0.2, 0) is 16.0 Å². The lowest BCUT2D eigenvalue weighted by molar-refractivity contribution is -0.123. The number of nitrogens with zero attached hydrogens (tertiary/aromatic N) is 1. The third-order valence-electron chi connectivity index (χ3n) is 5.29. The second-order valence-corrected chi connectivity index (χ2v) is 7.91. The topological polar surface area (TPSA) is 80.3 Å². The molecule has 1 aliphatic heterocycles. The van der Waals surface area contributed by atoms with Crippen molar-refractivity contribution in [3.05, 3.63) is 59.9 Å². The highest BCUT2D eigenvalue weighted by Gasteiger charge is 2.37. The first-order valence-corrected chi connectivity index (χ1v) is 10.1. The molecule has 0 saturated carbocycles. The van der Waals surface area contributed by atoms with Gasteiger partial charge in [0.1, 0.15) is 11.9 Å². The zero-order valence-corrected chi connectivity index (χ0v) is 17.1. The Balaban J connectivity index is 1.49. The van der Waals surface area contributed by atoms with Crippen molar-refractivity contribution in [1.29, 1.82) is 0 Å². The summed E-state index contributed by atoms with van der Waals surface area (Å²) in [6.07, 6.45) is 6.19. The first-order valence-electron chi connectivity index (χ1n) is 10.1. The molecule has 0 aliphatic carbocycles. The molecule has 2 aromatic rings. The number of rotatable bonds is 9. The van der Waals surface area contributed by atoms with E-state index in [4.69, 9.17) is 4.74 Å². The number of benzene rings is 1. The summed E-state index contributed by atoms with van der Waals surface area (Å²) in [4.78, 5) is 28.3. The van der Waals surface area contributed by atoms with Crippen molar-refractivity contribution in [3.63, 3.8) is 0 Å². The molecule has 154 valence electrons. The summed E-state index contributed by atoms with van der Waals surface area (Å²) >= 11 is 0. The van der Waals surface area contributed by atoms with Crippen LogP contribution in [0.5, 0.6) is 5.75 Å². The summed E-state index contributed by atoms with van der Waals surface area (Å²) in [5, 5.41) is 6.06. The SMILES string of the molecule is Cc1ccc(C[C@@]2(CCC(=O)NC[C@@H](C)Oc3cccnc3)CCC(=O)N2)cc1. The minimum Gasteiger partial charge on any atom is -0.487 e. The summed E-state index contributed by atoms with van der Waals surface area (Å²) in [5.74, 6) is 0.715. The van der Waals surface area contributed by atoms with Crippen molar-refractivity contribution in [2.75, 3.05) is 6.54 Å². The van der Waals surface area contributed by atoms with Gasteiger partial charge in [-0.3, -0.25) is 14.6 Å². The van der Waals surface area contributed by atoms with Gasteiger partial charge >= 0.3 is 0 Å². The van der Waals surface area contributed by atoms with Crippen molar-refractivity contribution >= 4 is 11.8 Å². The van der Waals surface area contributed by atoms with Gasteiger partial charge in [-0.2, -0.15) is 0 Å². The largest absolute Gasteiger partial charge is 0.487 e. The van der Waals surface area contributed by atoms with Crippen LogP contribution in [0.3, 0.4) is 0 Å². The smallest absolute Gasteiger partial charge is 0.220 e. The first-order chi connectivity index (χ1) is 13.9. The van der Waals surface area contributed by atoms with Gasteiger partial charge in [0.25, 0.3) is 0 Å². The molecule has 1 fully saturated rings. The molecule has 2 N–H and O–H groups in total. The number of aryl methyl sites for hydroxylation is 1. The minimum atomic E-state index is -0.346. The number of amides is 2. The molecule has 1 saturated heterocycles. The maximum atomic E-state index is 12.4. The van der Waals surface area contributed by atoms with Gasteiger partial charge in [-0.1, -0.05) is 29.8 Å². The van der Waals surface area contributed by atoms with Crippen LogP contribution in [-0.4, -0.2) is 35.0 Å². The van der Waals surface area contributed by atoms with Crippen molar-refractivity contribution in [3.8, 4) is 5.75 Å². The van der Waals surface area contributed by atoms with Crippen LogP contribution in [0.25, 0.3) is 0 Å². The normalized spacial score (nSPS) is 19.4. The van der Waals surface area contributed by atoms with E-state index in [1.807, 2.05) is 19.1 Å². The number of nitrogens with one attached hydrogen (secondary N) is 2. The monoisotopic (exact) mass is 395 g/mol. The molecule has 2 amide bonds. The Labute approximate surface area is 172 Å². The van der Waals surface area contributed by atoms with E-state index in [1.54, 1.807) is 12.4 Å². The van der Waals surface area contributed by atoms with E-state index in [1.165, 1.54) is 11.1 Å². The van der Waals surface area contributed by atoms with E-state index in [2.05, 4.69) is 46.8 Å². The zero-order chi connectivity index (χ0) is 20.7. The van der Waals surface area contributed by atoms with Crippen molar-refractivity contribution in [2.45, 2.75) is 57.6 Å². The van der Waals surface area contributed by atoms with Gasteiger partial charge in [0.2, 0.25) is 11.8 Å². The van der Waals surface area contributed by atoms with Gasteiger partial charge in [-0.05, 0) is 50.8 Å². The highest BCUT2D eigenvalue weighted by atomic mass is 16.5. The predicted octanol–water partition coefficient (Wildman–Crippen LogP) is 2.95. The standard InChI is InChI=1S/C23H29N3O3/c1-17-5-7-19(8-6-17)14-23(12-10-22(28)26-23)11-9-21(27)25-15-18(2)29-20-4-3-13-24-16-20/h3-8,13,16,18H,9-12,14-15H2,1-2H3,(H,25,27)(H,26,28)/t18-,23-/m1/s1. The summed E-state index contributed by atoms with van der Waals surface area (Å²) < 4.78 is 5.73. The highest BCUT2D eigenvalue weighted by Crippen LogP contribution is 2.29. The number of carbonyl (C=O) groups excluding carboxylic acids is 2. The molecule has 29 heavy (non-hydrogen) atoms. The van der Waals surface area contributed by atoms with Crippen LogP contribution in [0.15, 0.2) is 48.8 Å². The van der Waals surface area contributed by atoms with Gasteiger partial charge in [0.15, 0.2) is 0 Å². The maximum absolute atomic E-state index is 12.4. The summed E-state index contributed by atoms with van der Waals surface area (Å²) in [5.41, 5.74) is 2.04. The molecular weight excluding hydrogens is 366 g/mol. The van der Waals surface area contributed by atoms with Gasteiger partial charge < -0.3 is 15.4 Å². The Morgan fingerprint density at radius 1 is 1.31 bits per heavy atom. The van der Waals surface area contributed by atoms with Crippen LogP contribution >= 0.6 is 0 Å². The van der Waals surface area contributed by atoms with Crippen LogP contribution in [0.1, 0.15) is 43.7 Å². The van der Waals surface area contributed by atoms with Gasteiger partial charge in [0, 0.05) is 24.6 Å². The zero-order valence-electron chi connectivity index (χ0n) is 17.1. The molecule has 1 aromatic carbocycles. The van der Waals surface area contributed by atoms with Crippen molar-refractivity contribution in [1.82, 2.24) is 15.6 Å². The van der Waals surface area contributed by atoms with E-state index in [0.29, 0.717) is 31.6 Å². The predicted molar refractivity (Wildman–Crippen MR) is 112 cm³/mol. The fourth-order valence-corrected chi connectivity index (χ4v) is 3.67. The van der Waals surface area contributed by atoms with E-state index in [0.717, 1.165) is 12.8 Å². The van der Waals surface area contributed by atoms with Gasteiger partial charge in [-0.15, -0.1) is 0 Å². The number of pyridine rings is 1. The Morgan fingerprint density at radius 3 is 2.76 bits per heavy atom. The third-order valence-corrected chi connectivity index (χ3v) is 5.29. The number of hydrogen-bond acceptors (Lipinski definition) is 4. The second-order valence-electron chi connectivity index (χ2n) is 7.91. The van der Waals surface area contributed by atoms with Crippen LogP contribution in [0.2, 0.25) is 0 Å². The molecule has 3 rings (SSSR count). The molecule has 1 aliphatic rings. The molecule has 0 bridgehead atoms. The lowest BCUT2D eigenvalue weighted by atomic mass is 9.84. The first kappa shape index (κ1) is 20.8. The lowest BCUT2D eigenvalue weighted by Crippen LogP contribution is -2.45. The van der Waals surface area contributed by atoms with Crippen LogP contribution in [0, 0.1) is 6.92 Å². The average Bonchev–Trinajstić information content (AvgIpc) is 3.08. The molecule has 0 unspecified atom stereocenters. The van der Waals surface area contributed by atoms with Crippen LogP contribution in [0.4, 0.5) is 0 Å². The molecule has 0 spiro atoms. The van der Waals surface area contributed by atoms with Crippen molar-refractivity contribution in [2.24, 2.45) is 0 Å². The van der Waals surface area contributed by atoms with Gasteiger partial charge in [-0.25, -0.2) is 0 Å². The third kappa shape index (κ3) is 6.31. The summed E-state index contributed by atoms with van der Waals surface area (Å²) in [7, 11) is 0. The Bertz CT molecular complexity index is 823. The average molecular weight is 396 g/mol. The molecular formula is C23H29N3O3. The number of aromatic nitrogens is 1. The van der Waals surface area contributed by atoms with Gasteiger partial charge in [0.05, 0.1) is 12.7 Å². The molecule has 2 atom stereocenters.